The molecule has 1 heterocycles. The molecule has 2 rings (SSSR count). The molecule has 1 saturated carbocycles. The number of ether oxygens (including phenoxy) is 1. The number of thioether (sulfide) groups is 1. The number of carbonyl (C=O) groups is 3. The summed E-state index contributed by atoms with van der Waals surface area (Å²) >= 11 is 1.60. The van der Waals surface area contributed by atoms with E-state index in [2.05, 4.69) is 10.6 Å². The van der Waals surface area contributed by atoms with Crippen molar-refractivity contribution < 1.29 is 19.1 Å². The van der Waals surface area contributed by atoms with Crippen molar-refractivity contribution in [3.63, 3.8) is 0 Å². The zero-order valence-electron chi connectivity index (χ0n) is 21.2. The van der Waals surface area contributed by atoms with Crippen molar-refractivity contribution in [2.75, 3.05) is 13.1 Å². The van der Waals surface area contributed by atoms with Gasteiger partial charge in [-0.3, -0.25) is 9.59 Å². The molecule has 0 spiro atoms. The van der Waals surface area contributed by atoms with Crippen LogP contribution in [0.25, 0.3) is 0 Å². The first kappa shape index (κ1) is 27.8. The molecule has 0 unspecified atom stereocenters. The largest absolute Gasteiger partial charge is 0.447 e. The number of amides is 3. The molecule has 9 heteroatoms. The maximum Gasteiger partial charge on any atom is 0.408 e. The highest BCUT2D eigenvalue weighted by Crippen LogP contribution is 2.34. The topological polar surface area (TPSA) is 114 Å². The van der Waals surface area contributed by atoms with Gasteiger partial charge in [-0.25, -0.2) is 4.79 Å². The zero-order chi connectivity index (χ0) is 24.8. The Labute approximate surface area is 203 Å². The molecular weight excluding hydrogens is 440 g/mol. The van der Waals surface area contributed by atoms with Crippen molar-refractivity contribution in [3.8, 4) is 0 Å². The molecule has 3 atom stereocenters. The van der Waals surface area contributed by atoms with Crippen molar-refractivity contribution >= 4 is 29.7 Å². The minimum atomic E-state index is -0.852. The minimum Gasteiger partial charge on any atom is -0.447 e. The van der Waals surface area contributed by atoms with Crippen LogP contribution in [0.4, 0.5) is 4.79 Å². The van der Waals surface area contributed by atoms with E-state index in [0.29, 0.717) is 25.4 Å². The van der Waals surface area contributed by atoms with Gasteiger partial charge in [-0.1, -0.05) is 33.1 Å². The van der Waals surface area contributed by atoms with Crippen LogP contribution in [0.1, 0.15) is 80.1 Å². The number of carbonyl (C=O) groups excluding carboxylic acids is 3. The Kier molecular flexibility index (Phi) is 10.3. The van der Waals surface area contributed by atoms with Gasteiger partial charge in [-0.05, 0) is 58.1 Å². The molecule has 190 valence electrons. The molecule has 0 bridgehead atoms. The number of hydrogen-bond donors (Lipinski definition) is 3. The Morgan fingerprint density at radius 3 is 2.33 bits per heavy atom. The third kappa shape index (κ3) is 8.35. The number of nitrogens with zero attached hydrogens (tertiary/aromatic N) is 1. The predicted octanol–water partition coefficient (Wildman–Crippen LogP) is 3.03. The molecule has 0 aromatic carbocycles. The highest BCUT2D eigenvalue weighted by atomic mass is 32.2. The highest BCUT2D eigenvalue weighted by molar-refractivity contribution is 8.01. The lowest BCUT2D eigenvalue weighted by atomic mass is 9.89. The minimum absolute atomic E-state index is 0.153. The Balaban J connectivity index is 2.16. The molecular formula is C24H44N4O4S. The van der Waals surface area contributed by atoms with Crippen LogP contribution in [0.15, 0.2) is 0 Å². The second-order valence-electron chi connectivity index (χ2n) is 10.6. The van der Waals surface area contributed by atoms with E-state index in [1.54, 1.807) is 30.5 Å². The van der Waals surface area contributed by atoms with Crippen molar-refractivity contribution in [2.45, 2.75) is 114 Å². The highest BCUT2D eigenvalue weighted by Gasteiger charge is 2.46. The van der Waals surface area contributed by atoms with Gasteiger partial charge in [0.2, 0.25) is 11.8 Å². The number of alkyl carbamates (subject to hydrolysis) is 1. The van der Waals surface area contributed by atoms with Gasteiger partial charge >= 0.3 is 6.09 Å². The molecule has 4 N–H and O–H groups in total. The molecule has 1 aliphatic carbocycles. The second kappa shape index (κ2) is 12.3. The lowest BCUT2D eigenvalue weighted by molar-refractivity contribution is -0.140. The Hall–Kier alpha value is -1.48. The predicted molar refractivity (Wildman–Crippen MR) is 133 cm³/mol. The molecule has 2 aliphatic rings. The average Bonchev–Trinajstić information content (AvgIpc) is 3.11. The van der Waals surface area contributed by atoms with E-state index in [4.69, 9.17) is 10.5 Å². The van der Waals surface area contributed by atoms with Gasteiger partial charge in [0, 0.05) is 23.9 Å². The standard InChI is InChI=1S/C24H44N4O4S/c1-15(2)32-23(31)27-20(24(5,6)33-16(3)4)22(30)28-14-18(25)12-19(28)21(29)26-13-17-10-8-7-9-11-17/h15-20H,7-14,25H2,1-6H3,(H,26,29)(H,27,31)/t18-,19+,20+/m1/s1. The molecule has 0 aromatic rings. The Morgan fingerprint density at radius 2 is 1.76 bits per heavy atom. The van der Waals surface area contributed by atoms with Crippen molar-refractivity contribution in [1.29, 1.82) is 0 Å². The van der Waals surface area contributed by atoms with Gasteiger partial charge in [-0.15, -0.1) is 0 Å². The normalized spacial score (nSPS) is 23.0. The fourth-order valence-corrected chi connectivity index (χ4v) is 6.37. The fraction of sp³-hybridized carbons (Fsp3) is 0.875. The van der Waals surface area contributed by atoms with Crippen LogP contribution in [0.3, 0.4) is 0 Å². The van der Waals surface area contributed by atoms with Crippen molar-refractivity contribution in [1.82, 2.24) is 15.5 Å². The summed E-state index contributed by atoms with van der Waals surface area (Å²) in [6, 6.07) is -1.75. The lowest BCUT2D eigenvalue weighted by Crippen LogP contribution is -2.60. The molecule has 1 saturated heterocycles. The number of hydrogen-bond acceptors (Lipinski definition) is 6. The molecule has 0 radical (unpaired) electrons. The van der Waals surface area contributed by atoms with Gasteiger partial charge < -0.3 is 26.0 Å². The summed E-state index contributed by atoms with van der Waals surface area (Å²) in [5.41, 5.74) is 6.20. The molecule has 3 amide bonds. The molecule has 33 heavy (non-hydrogen) atoms. The van der Waals surface area contributed by atoms with Crippen molar-refractivity contribution in [3.05, 3.63) is 0 Å². The number of nitrogens with one attached hydrogen (secondary N) is 2. The second-order valence-corrected chi connectivity index (χ2v) is 12.8. The Morgan fingerprint density at radius 1 is 1.12 bits per heavy atom. The van der Waals surface area contributed by atoms with Gasteiger partial charge in [0.05, 0.1) is 6.10 Å². The van der Waals surface area contributed by atoms with Gasteiger partial charge in [0.25, 0.3) is 0 Å². The summed E-state index contributed by atoms with van der Waals surface area (Å²) in [4.78, 5) is 40.9. The summed E-state index contributed by atoms with van der Waals surface area (Å²) in [5, 5.41) is 6.10. The van der Waals surface area contributed by atoms with Crippen LogP contribution in [0.2, 0.25) is 0 Å². The van der Waals surface area contributed by atoms with Crippen LogP contribution < -0.4 is 16.4 Å². The van der Waals surface area contributed by atoms with E-state index in [9.17, 15) is 14.4 Å². The van der Waals surface area contributed by atoms with E-state index >= 15 is 0 Å². The summed E-state index contributed by atoms with van der Waals surface area (Å²) < 4.78 is 4.65. The van der Waals surface area contributed by atoms with E-state index in [1.807, 2.05) is 27.7 Å². The van der Waals surface area contributed by atoms with E-state index in [1.165, 1.54) is 19.3 Å². The number of rotatable bonds is 9. The fourth-order valence-electron chi connectivity index (χ4n) is 4.85. The van der Waals surface area contributed by atoms with E-state index in [0.717, 1.165) is 12.8 Å². The summed E-state index contributed by atoms with van der Waals surface area (Å²) in [7, 11) is 0. The van der Waals surface area contributed by atoms with Gasteiger partial charge in [-0.2, -0.15) is 11.8 Å². The first-order valence-electron chi connectivity index (χ1n) is 12.4. The van der Waals surface area contributed by atoms with Crippen LogP contribution in [-0.4, -0.2) is 70.1 Å². The number of likely N-dealkylation sites (tertiary alicyclic amines) is 1. The summed E-state index contributed by atoms with van der Waals surface area (Å²) in [5.74, 6) is 0.0582. The number of nitrogens with two attached hydrogens (primary N) is 1. The smallest absolute Gasteiger partial charge is 0.408 e. The van der Waals surface area contributed by atoms with E-state index < -0.39 is 22.9 Å². The van der Waals surface area contributed by atoms with Crippen LogP contribution in [-0.2, 0) is 14.3 Å². The maximum atomic E-state index is 13.8. The van der Waals surface area contributed by atoms with Crippen molar-refractivity contribution in [2.24, 2.45) is 11.7 Å². The molecule has 0 aromatic heterocycles. The zero-order valence-corrected chi connectivity index (χ0v) is 22.0. The van der Waals surface area contributed by atoms with Gasteiger partial charge in [0.15, 0.2) is 0 Å². The first-order chi connectivity index (χ1) is 15.4. The summed E-state index contributed by atoms with van der Waals surface area (Å²) in [6.45, 7) is 12.4. The van der Waals surface area contributed by atoms with Crippen LogP contribution in [0, 0.1) is 5.92 Å². The molecule has 8 nitrogen and oxygen atoms in total. The van der Waals surface area contributed by atoms with Crippen LogP contribution in [0.5, 0.6) is 0 Å². The van der Waals surface area contributed by atoms with Gasteiger partial charge in [0.1, 0.15) is 12.1 Å². The quantitative estimate of drug-likeness (QED) is 0.464. The molecule has 2 fully saturated rings. The van der Waals surface area contributed by atoms with Crippen LogP contribution >= 0.6 is 11.8 Å². The molecule has 1 aliphatic heterocycles. The summed E-state index contributed by atoms with van der Waals surface area (Å²) in [6.07, 6.45) is 5.44. The SMILES string of the molecule is CC(C)OC(=O)N[C@@H](C(=O)N1C[C@H](N)C[C@H]1C(=O)NCC1CCCCC1)C(C)(C)SC(C)C. The Bertz CT molecular complexity index is 679. The third-order valence-corrected chi connectivity index (χ3v) is 7.61. The maximum absolute atomic E-state index is 13.8. The third-order valence-electron chi connectivity index (χ3n) is 6.30. The monoisotopic (exact) mass is 484 g/mol. The average molecular weight is 485 g/mol. The first-order valence-corrected chi connectivity index (χ1v) is 13.3. The van der Waals surface area contributed by atoms with E-state index in [-0.39, 0.29) is 29.2 Å². The lowest BCUT2D eigenvalue weighted by Gasteiger charge is -2.38.